The van der Waals surface area contributed by atoms with Crippen LogP contribution in [0.4, 0.5) is 16.2 Å². The first-order valence-electron chi connectivity index (χ1n) is 6.50. The molecule has 5 nitrogen and oxygen atoms in total. The Morgan fingerprint density at radius 3 is 2.26 bits per heavy atom. The first-order chi connectivity index (χ1) is 8.92. The van der Waals surface area contributed by atoms with Crippen molar-refractivity contribution in [3.05, 3.63) is 24.3 Å². The molecule has 1 fully saturated rings. The van der Waals surface area contributed by atoms with Gasteiger partial charge in [0.1, 0.15) is 5.60 Å². The van der Waals surface area contributed by atoms with E-state index in [1.165, 1.54) is 0 Å². The van der Waals surface area contributed by atoms with Gasteiger partial charge >= 0.3 is 6.09 Å². The number of rotatable bonds is 3. The molecule has 3 N–H and O–H groups in total. The lowest BCUT2D eigenvalue weighted by Crippen LogP contribution is -2.51. The maximum absolute atomic E-state index is 11.6. The van der Waals surface area contributed by atoms with Gasteiger partial charge in [-0.2, -0.15) is 0 Å². The minimum absolute atomic E-state index is 0.434. The van der Waals surface area contributed by atoms with Crippen molar-refractivity contribution in [2.75, 3.05) is 23.7 Å². The second-order valence-corrected chi connectivity index (χ2v) is 5.70. The number of ether oxygens (including phenoxy) is 1. The van der Waals surface area contributed by atoms with Crippen LogP contribution in [0.25, 0.3) is 0 Å². The topological polar surface area (TPSA) is 62.4 Å². The lowest BCUT2D eigenvalue weighted by molar-refractivity contribution is 0.0636. The zero-order valence-corrected chi connectivity index (χ0v) is 11.6. The number of benzene rings is 1. The van der Waals surface area contributed by atoms with Crippen LogP contribution in [0.3, 0.4) is 0 Å². The largest absolute Gasteiger partial charge is 0.444 e. The molecule has 0 bridgehead atoms. The van der Waals surface area contributed by atoms with Crippen molar-refractivity contribution in [3.63, 3.8) is 0 Å². The van der Waals surface area contributed by atoms with Crippen molar-refractivity contribution in [2.24, 2.45) is 0 Å². The molecule has 0 radical (unpaired) electrons. The average molecular weight is 263 g/mol. The van der Waals surface area contributed by atoms with E-state index >= 15 is 0 Å². The van der Waals surface area contributed by atoms with Gasteiger partial charge in [0.2, 0.25) is 0 Å². The standard InChI is InChI=1S/C14H21N3O2/c1-14(2,3)19-13(18)17-11-6-4-10(5-7-11)16-12-8-15-9-12/h4-7,12,15-16H,8-9H2,1-3H3,(H,17,18). The first kappa shape index (κ1) is 13.7. The third kappa shape index (κ3) is 4.44. The molecule has 0 atom stereocenters. The van der Waals surface area contributed by atoms with Crippen LogP contribution >= 0.6 is 0 Å². The molecule has 1 heterocycles. The van der Waals surface area contributed by atoms with Gasteiger partial charge < -0.3 is 15.4 Å². The summed E-state index contributed by atoms with van der Waals surface area (Å²) in [6, 6.07) is 8.12. The van der Waals surface area contributed by atoms with E-state index in [1.807, 2.05) is 45.0 Å². The van der Waals surface area contributed by atoms with E-state index in [0.29, 0.717) is 6.04 Å². The van der Waals surface area contributed by atoms with Gasteiger partial charge in [-0.3, -0.25) is 5.32 Å². The number of hydrogen-bond acceptors (Lipinski definition) is 4. The number of carbonyl (C=O) groups excluding carboxylic acids is 1. The van der Waals surface area contributed by atoms with Crippen LogP contribution in [0, 0.1) is 0 Å². The van der Waals surface area contributed by atoms with Gasteiger partial charge in [0, 0.05) is 24.5 Å². The smallest absolute Gasteiger partial charge is 0.412 e. The number of amides is 1. The SMILES string of the molecule is CC(C)(C)OC(=O)Nc1ccc(NC2CNC2)cc1. The van der Waals surface area contributed by atoms with Crippen LogP contribution in [-0.4, -0.2) is 30.8 Å². The van der Waals surface area contributed by atoms with E-state index < -0.39 is 11.7 Å². The molecule has 1 saturated heterocycles. The molecule has 1 aliphatic rings. The van der Waals surface area contributed by atoms with Gasteiger partial charge in [-0.05, 0) is 45.0 Å². The normalized spacial score (nSPS) is 15.5. The molecule has 0 spiro atoms. The summed E-state index contributed by atoms with van der Waals surface area (Å²) in [7, 11) is 0. The molecule has 1 aromatic rings. The Morgan fingerprint density at radius 2 is 1.79 bits per heavy atom. The van der Waals surface area contributed by atoms with Crippen molar-refractivity contribution in [1.29, 1.82) is 0 Å². The van der Waals surface area contributed by atoms with Gasteiger partial charge in [0.25, 0.3) is 0 Å². The van der Waals surface area contributed by atoms with Crippen LogP contribution in [0.1, 0.15) is 20.8 Å². The second-order valence-electron chi connectivity index (χ2n) is 5.70. The quantitative estimate of drug-likeness (QED) is 0.783. The Labute approximate surface area is 113 Å². The summed E-state index contributed by atoms with van der Waals surface area (Å²) in [4.78, 5) is 11.6. The van der Waals surface area contributed by atoms with Gasteiger partial charge in [-0.15, -0.1) is 0 Å². The zero-order chi connectivity index (χ0) is 13.9. The molecule has 1 aromatic carbocycles. The predicted molar refractivity (Wildman–Crippen MR) is 76.6 cm³/mol. The van der Waals surface area contributed by atoms with Gasteiger partial charge in [0.15, 0.2) is 0 Å². The van der Waals surface area contributed by atoms with E-state index in [9.17, 15) is 4.79 Å². The highest BCUT2D eigenvalue weighted by molar-refractivity contribution is 5.85. The molecule has 0 unspecified atom stereocenters. The van der Waals surface area contributed by atoms with E-state index in [0.717, 1.165) is 24.5 Å². The highest BCUT2D eigenvalue weighted by atomic mass is 16.6. The molecule has 5 heteroatoms. The second kappa shape index (κ2) is 5.48. The Morgan fingerprint density at radius 1 is 1.21 bits per heavy atom. The molecule has 19 heavy (non-hydrogen) atoms. The van der Waals surface area contributed by atoms with Crippen molar-refractivity contribution in [2.45, 2.75) is 32.4 Å². The van der Waals surface area contributed by atoms with Crippen LogP contribution in [0.2, 0.25) is 0 Å². The molecule has 0 aliphatic carbocycles. The van der Waals surface area contributed by atoms with Crippen molar-refractivity contribution in [3.8, 4) is 0 Å². The molecule has 0 saturated carbocycles. The summed E-state index contributed by atoms with van der Waals surface area (Å²) in [5.74, 6) is 0. The summed E-state index contributed by atoms with van der Waals surface area (Å²) >= 11 is 0. The monoisotopic (exact) mass is 263 g/mol. The molecule has 2 rings (SSSR count). The van der Waals surface area contributed by atoms with Crippen molar-refractivity contribution >= 4 is 17.5 Å². The van der Waals surface area contributed by atoms with Gasteiger partial charge in [-0.1, -0.05) is 0 Å². The van der Waals surface area contributed by atoms with Crippen molar-refractivity contribution < 1.29 is 9.53 Å². The molecular formula is C14H21N3O2. The number of anilines is 2. The van der Waals surface area contributed by atoms with E-state index in [-0.39, 0.29) is 0 Å². The summed E-state index contributed by atoms with van der Waals surface area (Å²) in [5.41, 5.74) is 1.30. The van der Waals surface area contributed by atoms with E-state index in [2.05, 4.69) is 16.0 Å². The summed E-state index contributed by atoms with van der Waals surface area (Å²) in [5, 5.41) is 9.30. The Balaban J connectivity index is 1.85. The summed E-state index contributed by atoms with van der Waals surface area (Å²) in [6.07, 6.45) is -0.434. The lowest BCUT2D eigenvalue weighted by Gasteiger charge is -2.29. The zero-order valence-electron chi connectivity index (χ0n) is 11.6. The molecule has 104 valence electrons. The highest BCUT2D eigenvalue weighted by Gasteiger charge is 2.17. The fourth-order valence-electron chi connectivity index (χ4n) is 1.70. The fraction of sp³-hybridized carbons (Fsp3) is 0.500. The molecule has 0 aromatic heterocycles. The van der Waals surface area contributed by atoms with Crippen molar-refractivity contribution in [1.82, 2.24) is 5.32 Å². The van der Waals surface area contributed by atoms with Gasteiger partial charge in [-0.25, -0.2) is 4.79 Å². The average Bonchev–Trinajstić information content (AvgIpc) is 2.23. The van der Waals surface area contributed by atoms with E-state index in [1.54, 1.807) is 0 Å². The summed E-state index contributed by atoms with van der Waals surface area (Å²) in [6.45, 7) is 7.51. The third-order valence-electron chi connectivity index (χ3n) is 2.68. The first-order valence-corrected chi connectivity index (χ1v) is 6.50. The Bertz CT molecular complexity index is 433. The number of nitrogens with one attached hydrogen (secondary N) is 3. The van der Waals surface area contributed by atoms with Crippen LogP contribution in [-0.2, 0) is 4.74 Å². The maximum atomic E-state index is 11.6. The molecular weight excluding hydrogens is 242 g/mol. The van der Waals surface area contributed by atoms with Gasteiger partial charge in [0.05, 0.1) is 6.04 Å². The van der Waals surface area contributed by atoms with Crippen LogP contribution in [0.15, 0.2) is 24.3 Å². The predicted octanol–water partition coefficient (Wildman–Crippen LogP) is 2.42. The molecule has 1 amide bonds. The molecule has 1 aliphatic heterocycles. The number of hydrogen-bond donors (Lipinski definition) is 3. The van der Waals surface area contributed by atoms with E-state index in [4.69, 9.17) is 4.74 Å². The minimum atomic E-state index is -0.483. The fourth-order valence-corrected chi connectivity index (χ4v) is 1.70. The minimum Gasteiger partial charge on any atom is -0.444 e. The lowest BCUT2D eigenvalue weighted by atomic mass is 10.1. The summed E-state index contributed by atoms with van der Waals surface area (Å²) < 4.78 is 5.19. The third-order valence-corrected chi connectivity index (χ3v) is 2.68. The van der Waals surface area contributed by atoms with Crippen LogP contribution in [0.5, 0.6) is 0 Å². The number of carbonyl (C=O) groups is 1. The Hall–Kier alpha value is -1.75. The maximum Gasteiger partial charge on any atom is 0.412 e. The highest BCUT2D eigenvalue weighted by Crippen LogP contribution is 2.16. The van der Waals surface area contributed by atoms with Crippen LogP contribution < -0.4 is 16.0 Å². The Kier molecular flexibility index (Phi) is 3.95.